The molecule has 0 aliphatic carbocycles. The number of pyridine rings is 1. The minimum absolute atomic E-state index is 0.131. The van der Waals surface area contributed by atoms with Crippen LogP contribution in [0.15, 0.2) is 30.3 Å². The Kier molecular flexibility index (Phi) is 2.63. The van der Waals surface area contributed by atoms with Crippen LogP contribution >= 0.6 is 0 Å². The van der Waals surface area contributed by atoms with E-state index < -0.39 is 11.6 Å². The highest BCUT2D eigenvalue weighted by atomic mass is 19.1. The van der Waals surface area contributed by atoms with Crippen molar-refractivity contribution in [1.29, 1.82) is 0 Å². The Morgan fingerprint density at radius 1 is 1.05 bits per heavy atom. The van der Waals surface area contributed by atoms with Crippen LogP contribution in [0, 0.1) is 11.6 Å². The van der Waals surface area contributed by atoms with E-state index in [-0.39, 0.29) is 11.4 Å². The summed E-state index contributed by atoms with van der Waals surface area (Å²) >= 11 is 0. The maximum absolute atomic E-state index is 13.7. The molecule has 19 heavy (non-hydrogen) atoms. The molecule has 0 saturated heterocycles. The fourth-order valence-electron chi connectivity index (χ4n) is 1.87. The summed E-state index contributed by atoms with van der Waals surface area (Å²) in [6, 6.07) is 7.20. The van der Waals surface area contributed by atoms with Gasteiger partial charge in [-0.1, -0.05) is 6.07 Å². The minimum Gasteiger partial charge on any atom is -0.373 e. The van der Waals surface area contributed by atoms with Gasteiger partial charge in [0.2, 0.25) is 0 Å². The summed E-state index contributed by atoms with van der Waals surface area (Å²) in [6.07, 6.45) is 0. The van der Waals surface area contributed by atoms with Crippen molar-refractivity contribution in [3.8, 4) is 11.4 Å². The zero-order valence-electron chi connectivity index (χ0n) is 10.0. The molecule has 0 radical (unpaired) electrons. The van der Waals surface area contributed by atoms with Crippen LogP contribution in [0.5, 0.6) is 0 Å². The van der Waals surface area contributed by atoms with Gasteiger partial charge in [-0.15, -0.1) is 0 Å². The van der Waals surface area contributed by atoms with Crippen molar-refractivity contribution < 1.29 is 8.78 Å². The molecule has 0 bridgehead atoms. The van der Waals surface area contributed by atoms with Crippen LogP contribution in [0.1, 0.15) is 0 Å². The van der Waals surface area contributed by atoms with Crippen molar-refractivity contribution in [3.05, 3.63) is 42.0 Å². The van der Waals surface area contributed by atoms with E-state index in [1.165, 1.54) is 18.2 Å². The Hall–Kier alpha value is -2.50. The predicted octanol–water partition coefficient (Wildman–Crippen LogP) is 2.94. The summed E-state index contributed by atoms with van der Waals surface area (Å²) in [4.78, 5) is 11.2. The van der Waals surface area contributed by atoms with Gasteiger partial charge in [0.25, 0.3) is 0 Å². The normalized spacial score (nSPS) is 10.9. The first kappa shape index (κ1) is 11.6. The fourth-order valence-corrected chi connectivity index (χ4v) is 1.87. The Bertz CT molecular complexity index is 731. The molecule has 6 heteroatoms. The molecular weight excluding hydrogens is 250 g/mol. The SMILES string of the molecule is CNc1ccc2[nH]c(-c3c(F)cccc3F)nc2n1. The standard InChI is InChI=1S/C13H10F2N4/c1-16-10-6-5-9-12(18-10)19-13(17-9)11-7(14)3-2-4-8(11)15/h2-6H,1H3,(H2,16,17,18,19). The molecule has 96 valence electrons. The molecule has 1 aromatic carbocycles. The van der Waals surface area contributed by atoms with Crippen LogP contribution in [0.4, 0.5) is 14.6 Å². The molecule has 3 aromatic rings. The third-order valence-electron chi connectivity index (χ3n) is 2.80. The van der Waals surface area contributed by atoms with E-state index in [4.69, 9.17) is 0 Å². The monoisotopic (exact) mass is 260 g/mol. The first-order chi connectivity index (χ1) is 9.19. The van der Waals surface area contributed by atoms with E-state index >= 15 is 0 Å². The number of H-pyrrole nitrogens is 1. The smallest absolute Gasteiger partial charge is 0.180 e. The van der Waals surface area contributed by atoms with Gasteiger partial charge in [-0.05, 0) is 24.3 Å². The molecule has 4 nitrogen and oxygen atoms in total. The fraction of sp³-hybridized carbons (Fsp3) is 0.0769. The summed E-state index contributed by atoms with van der Waals surface area (Å²) in [5.74, 6) is -0.549. The lowest BCUT2D eigenvalue weighted by atomic mass is 10.2. The molecule has 0 aliphatic rings. The Balaban J connectivity index is 2.21. The molecule has 0 amide bonds. The summed E-state index contributed by atoms with van der Waals surface area (Å²) in [7, 11) is 1.73. The minimum atomic E-state index is -0.659. The average Bonchev–Trinajstić information content (AvgIpc) is 2.80. The van der Waals surface area contributed by atoms with Crippen molar-refractivity contribution in [2.45, 2.75) is 0 Å². The number of aromatic amines is 1. The van der Waals surface area contributed by atoms with E-state index in [1.807, 2.05) is 0 Å². The third kappa shape index (κ3) is 1.91. The maximum atomic E-state index is 13.7. The topological polar surface area (TPSA) is 53.6 Å². The number of fused-ring (bicyclic) bond motifs is 1. The van der Waals surface area contributed by atoms with Crippen LogP contribution in [0.25, 0.3) is 22.6 Å². The summed E-state index contributed by atoms with van der Waals surface area (Å²) in [6.45, 7) is 0. The molecule has 0 fully saturated rings. The highest BCUT2D eigenvalue weighted by molar-refractivity contribution is 5.77. The van der Waals surface area contributed by atoms with Crippen LogP contribution in [-0.4, -0.2) is 22.0 Å². The quantitative estimate of drug-likeness (QED) is 0.744. The number of halogens is 2. The van der Waals surface area contributed by atoms with E-state index in [0.29, 0.717) is 17.0 Å². The van der Waals surface area contributed by atoms with Gasteiger partial charge in [-0.3, -0.25) is 0 Å². The van der Waals surface area contributed by atoms with Crippen LogP contribution < -0.4 is 5.32 Å². The second-order valence-electron chi connectivity index (χ2n) is 4.00. The molecule has 3 rings (SSSR count). The van der Waals surface area contributed by atoms with E-state index in [0.717, 1.165) is 0 Å². The van der Waals surface area contributed by atoms with Gasteiger partial charge in [0.15, 0.2) is 5.65 Å². The molecule has 0 atom stereocenters. The number of nitrogens with one attached hydrogen (secondary N) is 2. The number of imidazole rings is 1. The van der Waals surface area contributed by atoms with Crippen molar-refractivity contribution in [2.75, 3.05) is 12.4 Å². The Labute approximate surface area is 107 Å². The first-order valence-corrected chi connectivity index (χ1v) is 5.68. The summed E-state index contributed by atoms with van der Waals surface area (Å²) in [5.41, 5.74) is 0.854. The first-order valence-electron chi connectivity index (χ1n) is 5.68. The number of anilines is 1. The number of hydrogen-bond acceptors (Lipinski definition) is 3. The average molecular weight is 260 g/mol. The lowest BCUT2D eigenvalue weighted by Gasteiger charge is -1.99. The zero-order chi connectivity index (χ0) is 13.4. The third-order valence-corrected chi connectivity index (χ3v) is 2.80. The number of nitrogens with zero attached hydrogens (tertiary/aromatic N) is 2. The molecule has 0 spiro atoms. The molecule has 2 aromatic heterocycles. The van der Waals surface area contributed by atoms with Crippen LogP contribution in [-0.2, 0) is 0 Å². The van der Waals surface area contributed by atoms with Crippen molar-refractivity contribution in [1.82, 2.24) is 15.0 Å². The van der Waals surface area contributed by atoms with Gasteiger partial charge >= 0.3 is 0 Å². The van der Waals surface area contributed by atoms with E-state index in [2.05, 4.69) is 20.3 Å². The molecule has 0 saturated carbocycles. The molecular formula is C13H10F2N4. The lowest BCUT2D eigenvalue weighted by Crippen LogP contribution is -1.91. The van der Waals surface area contributed by atoms with Crippen molar-refractivity contribution >= 4 is 17.0 Å². The number of rotatable bonds is 2. The Morgan fingerprint density at radius 2 is 1.79 bits per heavy atom. The Morgan fingerprint density at radius 3 is 2.47 bits per heavy atom. The van der Waals surface area contributed by atoms with Crippen molar-refractivity contribution in [3.63, 3.8) is 0 Å². The highest BCUT2D eigenvalue weighted by Gasteiger charge is 2.15. The van der Waals surface area contributed by atoms with Gasteiger partial charge < -0.3 is 10.3 Å². The zero-order valence-corrected chi connectivity index (χ0v) is 10.0. The number of benzene rings is 1. The number of aromatic nitrogens is 3. The maximum Gasteiger partial charge on any atom is 0.180 e. The largest absolute Gasteiger partial charge is 0.373 e. The second-order valence-corrected chi connectivity index (χ2v) is 4.00. The summed E-state index contributed by atoms with van der Waals surface area (Å²) < 4.78 is 27.4. The van der Waals surface area contributed by atoms with Crippen LogP contribution in [0.3, 0.4) is 0 Å². The second kappa shape index (κ2) is 4.31. The van der Waals surface area contributed by atoms with E-state index in [1.54, 1.807) is 19.2 Å². The molecule has 2 N–H and O–H groups in total. The van der Waals surface area contributed by atoms with Crippen LogP contribution in [0.2, 0.25) is 0 Å². The molecule has 0 unspecified atom stereocenters. The highest BCUT2D eigenvalue weighted by Crippen LogP contribution is 2.25. The van der Waals surface area contributed by atoms with Gasteiger partial charge in [-0.25, -0.2) is 18.7 Å². The number of hydrogen-bond donors (Lipinski definition) is 2. The van der Waals surface area contributed by atoms with Gasteiger partial charge in [0, 0.05) is 7.05 Å². The van der Waals surface area contributed by atoms with Gasteiger partial charge in [0.05, 0.1) is 11.1 Å². The van der Waals surface area contributed by atoms with E-state index in [9.17, 15) is 8.78 Å². The lowest BCUT2D eigenvalue weighted by molar-refractivity contribution is 0.588. The van der Waals surface area contributed by atoms with Crippen molar-refractivity contribution in [2.24, 2.45) is 0 Å². The molecule has 2 heterocycles. The molecule has 0 aliphatic heterocycles. The van der Waals surface area contributed by atoms with Gasteiger partial charge in [-0.2, -0.15) is 0 Å². The summed E-state index contributed by atoms with van der Waals surface area (Å²) in [5, 5.41) is 2.88. The van der Waals surface area contributed by atoms with Gasteiger partial charge in [0.1, 0.15) is 23.3 Å². The predicted molar refractivity (Wildman–Crippen MR) is 68.8 cm³/mol.